The monoisotopic (exact) mass is 400 g/mol. The SMILES string of the molecule is Cc1nc(COCC[C@@H]2CCOC23CN(S(=O)(=O)C(F)(F)F)C3)cs1. The fourth-order valence-electron chi connectivity index (χ4n) is 3.29. The molecule has 2 fully saturated rings. The molecule has 0 aliphatic carbocycles. The highest BCUT2D eigenvalue weighted by Crippen LogP contribution is 2.44. The molecule has 0 unspecified atom stereocenters. The molecule has 25 heavy (non-hydrogen) atoms. The van der Waals surface area contributed by atoms with Gasteiger partial charge in [0.2, 0.25) is 0 Å². The molecule has 0 radical (unpaired) electrons. The minimum Gasteiger partial charge on any atom is -0.375 e. The van der Waals surface area contributed by atoms with Gasteiger partial charge >= 0.3 is 15.5 Å². The summed E-state index contributed by atoms with van der Waals surface area (Å²) in [6.07, 6.45) is 1.31. The highest BCUT2D eigenvalue weighted by Gasteiger charge is 2.61. The smallest absolute Gasteiger partial charge is 0.375 e. The van der Waals surface area contributed by atoms with Crippen molar-refractivity contribution in [2.75, 3.05) is 26.3 Å². The molecule has 3 rings (SSSR count). The van der Waals surface area contributed by atoms with Crippen LogP contribution in [-0.4, -0.2) is 55.1 Å². The van der Waals surface area contributed by atoms with Crippen molar-refractivity contribution in [1.82, 2.24) is 9.29 Å². The second-order valence-electron chi connectivity index (χ2n) is 6.32. The Morgan fingerprint density at radius 2 is 2.20 bits per heavy atom. The van der Waals surface area contributed by atoms with Gasteiger partial charge in [-0.2, -0.15) is 17.5 Å². The van der Waals surface area contributed by atoms with Crippen molar-refractivity contribution in [2.24, 2.45) is 5.92 Å². The first-order chi connectivity index (χ1) is 11.6. The highest BCUT2D eigenvalue weighted by atomic mass is 32.2. The van der Waals surface area contributed by atoms with Gasteiger partial charge in [-0.25, -0.2) is 13.4 Å². The molecule has 1 aromatic heterocycles. The molecule has 0 amide bonds. The van der Waals surface area contributed by atoms with Crippen molar-refractivity contribution in [3.05, 3.63) is 16.1 Å². The average molecular weight is 400 g/mol. The molecule has 1 atom stereocenters. The first kappa shape index (κ1) is 19.0. The number of ether oxygens (including phenoxy) is 2. The standard InChI is InChI=1S/C14H19F3N2O4S2/c1-10-18-12(7-24-10)6-22-4-2-11-3-5-23-13(11)8-19(9-13)25(20,21)14(15,16)17/h7,11H,2-6,8-9H2,1H3/t11-/m1/s1. The maximum Gasteiger partial charge on any atom is 0.511 e. The summed E-state index contributed by atoms with van der Waals surface area (Å²) in [6, 6.07) is 0. The molecule has 1 aromatic rings. The molecule has 0 aromatic carbocycles. The minimum atomic E-state index is -5.27. The molecular formula is C14H19F3N2O4S2. The van der Waals surface area contributed by atoms with Crippen molar-refractivity contribution in [3.8, 4) is 0 Å². The van der Waals surface area contributed by atoms with E-state index in [0.717, 1.165) is 10.7 Å². The van der Waals surface area contributed by atoms with Gasteiger partial charge in [0.15, 0.2) is 0 Å². The number of rotatable bonds is 6. The number of thiazole rings is 1. The van der Waals surface area contributed by atoms with Crippen molar-refractivity contribution in [2.45, 2.75) is 37.5 Å². The topological polar surface area (TPSA) is 68.7 Å². The van der Waals surface area contributed by atoms with Crippen LogP contribution < -0.4 is 0 Å². The summed E-state index contributed by atoms with van der Waals surface area (Å²) in [6.45, 7) is 2.66. The number of alkyl halides is 3. The van der Waals surface area contributed by atoms with Gasteiger partial charge in [-0.15, -0.1) is 11.3 Å². The fourth-order valence-corrected chi connectivity index (χ4v) is 4.95. The third kappa shape index (κ3) is 3.70. The van der Waals surface area contributed by atoms with Crippen LogP contribution in [0.4, 0.5) is 13.2 Å². The van der Waals surface area contributed by atoms with E-state index in [-0.39, 0.29) is 19.0 Å². The van der Waals surface area contributed by atoms with E-state index in [2.05, 4.69) is 4.98 Å². The molecule has 1 spiro atoms. The average Bonchev–Trinajstić information content (AvgIpc) is 3.07. The number of nitrogens with zero attached hydrogens (tertiary/aromatic N) is 2. The van der Waals surface area contributed by atoms with Crippen molar-refractivity contribution >= 4 is 21.4 Å². The van der Waals surface area contributed by atoms with Gasteiger partial charge in [0, 0.05) is 31.7 Å². The van der Waals surface area contributed by atoms with Crippen molar-refractivity contribution in [3.63, 3.8) is 0 Å². The van der Waals surface area contributed by atoms with Crippen LogP contribution in [0.2, 0.25) is 0 Å². The van der Waals surface area contributed by atoms with Crippen LogP contribution in [0.25, 0.3) is 0 Å². The molecule has 11 heteroatoms. The summed E-state index contributed by atoms with van der Waals surface area (Å²) in [5.41, 5.74) is -5.22. The van der Waals surface area contributed by atoms with Gasteiger partial charge in [0.1, 0.15) is 0 Å². The van der Waals surface area contributed by atoms with E-state index in [4.69, 9.17) is 9.47 Å². The predicted molar refractivity (Wildman–Crippen MR) is 84.5 cm³/mol. The normalized spacial score (nSPS) is 23.9. The number of aromatic nitrogens is 1. The molecule has 2 aliphatic rings. The van der Waals surface area contributed by atoms with E-state index in [0.29, 0.717) is 37.0 Å². The highest BCUT2D eigenvalue weighted by molar-refractivity contribution is 7.90. The van der Waals surface area contributed by atoms with E-state index < -0.39 is 21.1 Å². The molecule has 142 valence electrons. The number of hydrogen-bond donors (Lipinski definition) is 0. The Kier molecular flexibility index (Phi) is 5.15. The zero-order valence-corrected chi connectivity index (χ0v) is 15.2. The second kappa shape index (κ2) is 6.76. The molecule has 0 N–H and O–H groups in total. The lowest BCUT2D eigenvalue weighted by Crippen LogP contribution is -2.67. The summed E-state index contributed by atoms with van der Waals surface area (Å²) in [5.74, 6) is -0.00986. The zero-order valence-electron chi connectivity index (χ0n) is 13.6. The quantitative estimate of drug-likeness (QED) is 0.686. The molecular weight excluding hydrogens is 381 g/mol. The van der Waals surface area contributed by atoms with Gasteiger partial charge in [0.05, 0.1) is 22.9 Å². The summed E-state index contributed by atoms with van der Waals surface area (Å²) < 4.78 is 72.2. The van der Waals surface area contributed by atoms with E-state index >= 15 is 0 Å². The van der Waals surface area contributed by atoms with Crippen molar-refractivity contribution in [1.29, 1.82) is 0 Å². The third-order valence-electron chi connectivity index (χ3n) is 4.65. The Labute approximate surface area is 148 Å². The fraction of sp³-hybridized carbons (Fsp3) is 0.786. The van der Waals surface area contributed by atoms with Crippen LogP contribution in [0.3, 0.4) is 0 Å². The first-order valence-corrected chi connectivity index (χ1v) is 10.2. The predicted octanol–water partition coefficient (Wildman–Crippen LogP) is 2.30. The summed E-state index contributed by atoms with van der Waals surface area (Å²) in [4.78, 5) is 4.28. The van der Waals surface area contributed by atoms with Crippen LogP contribution in [0.5, 0.6) is 0 Å². The van der Waals surface area contributed by atoms with Gasteiger partial charge in [-0.3, -0.25) is 0 Å². The lowest BCUT2D eigenvalue weighted by atomic mass is 9.80. The molecule has 2 saturated heterocycles. The third-order valence-corrected chi connectivity index (χ3v) is 6.99. The van der Waals surface area contributed by atoms with Crippen molar-refractivity contribution < 1.29 is 31.1 Å². The first-order valence-electron chi connectivity index (χ1n) is 7.83. The van der Waals surface area contributed by atoms with Crippen LogP contribution in [-0.2, 0) is 26.1 Å². The minimum absolute atomic E-state index is 0.00986. The number of halogens is 3. The van der Waals surface area contributed by atoms with E-state index in [9.17, 15) is 21.6 Å². The Balaban J connectivity index is 1.49. The Bertz CT molecular complexity index is 714. The summed E-state index contributed by atoms with van der Waals surface area (Å²) in [5, 5.41) is 2.88. The number of hydrogen-bond acceptors (Lipinski definition) is 6. The van der Waals surface area contributed by atoms with Gasteiger partial charge in [0.25, 0.3) is 0 Å². The molecule has 2 aliphatic heterocycles. The van der Waals surface area contributed by atoms with E-state index in [1.165, 1.54) is 11.3 Å². The van der Waals surface area contributed by atoms with E-state index in [1.54, 1.807) is 0 Å². The summed E-state index contributed by atoms with van der Waals surface area (Å²) in [7, 11) is -5.27. The molecule has 3 heterocycles. The summed E-state index contributed by atoms with van der Waals surface area (Å²) >= 11 is 1.54. The second-order valence-corrected chi connectivity index (χ2v) is 9.31. The lowest BCUT2D eigenvalue weighted by Gasteiger charge is -2.49. The number of sulfonamides is 1. The molecule has 0 saturated carbocycles. The lowest BCUT2D eigenvalue weighted by molar-refractivity contribution is -0.115. The largest absolute Gasteiger partial charge is 0.511 e. The Morgan fingerprint density at radius 1 is 1.48 bits per heavy atom. The van der Waals surface area contributed by atoms with Crippen LogP contribution in [0.1, 0.15) is 23.5 Å². The Morgan fingerprint density at radius 3 is 2.80 bits per heavy atom. The number of aryl methyl sites for hydroxylation is 1. The van der Waals surface area contributed by atoms with Gasteiger partial charge < -0.3 is 9.47 Å². The van der Waals surface area contributed by atoms with Gasteiger partial charge in [-0.1, -0.05) is 0 Å². The van der Waals surface area contributed by atoms with Crippen LogP contribution in [0, 0.1) is 12.8 Å². The van der Waals surface area contributed by atoms with Gasteiger partial charge in [-0.05, 0) is 25.7 Å². The molecule has 6 nitrogen and oxygen atoms in total. The van der Waals surface area contributed by atoms with Crippen LogP contribution >= 0.6 is 11.3 Å². The Hall–Kier alpha value is -0.750. The van der Waals surface area contributed by atoms with E-state index in [1.807, 2.05) is 12.3 Å². The zero-order chi connectivity index (χ0) is 18.3. The van der Waals surface area contributed by atoms with Crippen LogP contribution in [0.15, 0.2) is 5.38 Å². The maximum absolute atomic E-state index is 12.6. The maximum atomic E-state index is 12.6. The molecule has 0 bridgehead atoms.